The summed E-state index contributed by atoms with van der Waals surface area (Å²) in [5.74, 6) is -0.249. The highest BCUT2D eigenvalue weighted by molar-refractivity contribution is 9.10. The number of nitriles is 1. The highest BCUT2D eigenvalue weighted by Crippen LogP contribution is 2.23. The molecule has 0 saturated carbocycles. The minimum atomic E-state index is -0.249. The topological polar surface area (TPSA) is 64.9 Å². The normalized spacial score (nSPS) is 9.76. The van der Waals surface area contributed by atoms with Gasteiger partial charge in [-0.3, -0.25) is 4.79 Å². The lowest BCUT2D eigenvalue weighted by atomic mass is 10.1. The molecule has 5 heteroatoms. The van der Waals surface area contributed by atoms with Gasteiger partial charge in [-0.2, -0.15) is 5.26 Å². The van der Waals surface area contributed by atoms with Crippen LogP contribution in [0.3, 0.4) is 0 Å². The molecule has 2 N–H and O–H groups in total. The van der Waals surface area contributed by atoms with Gasteiger partial charge in [0.1, 0.15) is 6.07 Å². The van der Waals surface area contributed by atoms with Gasteiger partial charge >= 0.3 is 0 Å². The number of rotatable bonds is 4. The van der Waals surface area contributed by atoms with Crippen molar-refractivity contribution in [2.45, 2.75) is 6.92 Å². The zero-order valence-corrected chi connectivity index (χ0v) is 13.1. The third-order valence-corrected chi connectivity index (χ3v) is 3.38. The number of benzene rings is 2. The Labute approximate surface area is 131 Å². The van der Waals surface area contributed by atoms with Crippen LogP contribution in [0.5, 0.6) is 0 Å². The molecule has 0 bridgehead atoms. The maximum absolute atomic E-state index is 12.4. The Morgan fingerprint density at radius 1 is 1.24 bits per heavy atom. The fraction of sp³-hybridized carbons (Fsp3) is 0.125. The summed E-state index contributed by atoms with van der Waals surface area (Å²) in [5.41, 5.74) is 2.23. The Balaban J connectivity index is 2.31. The molecule has 0 saturated heterocycles. The molecule has 2 aromatic rings. The third-order valence-electron chi connectivity index (χ3n) is 2.89. The molecule has 0 fully saturated rings. The first-order chi connectivity index (χ1) is 10.2. The lowest BCUT2D eigenvalue weighted by Gasteiger charge is -2.12. The Morgan fingerprint density at radius 2 is 2.00 bits per heavy atom. The quantitative estimate of drug-likeness (QED) is 0.881. The highest BCUT2D eigenvalue weighted by atomic mass is 79.9. The molecule has 4 nitrogen and oxygen atoms in total. The predicted octanol–water partition coefficient (Wildman–Crippen LogP) is 4.00. The summed E-state index contributed by atoms with van der Waals surface area (Å²) in [5, 5.41) is 15.0. The molecule has 0 radical (unpaired) electrons. The van der Waals surface area contributed by atoms with Crippen molar-refractivity contribution in [1.29, 1.82) is 5.26 Å². The molecule has 2 rings (SSSR count). The third kappa shape index (κ3) is 3.61. The van der Waals surface area contributed by atoms with E-state index in [0.29, 0.717) is 16.8 Å². The van der Waals surface area contributed by atoms with Crippen LogP contribution in [-0.4, -0.2) is 12.5 Å². The summed E-state index contributed by atoms with van der Waals surface area (Å²) < 4.78 is 0.803. The van der Waals surface area contributed by atoms with E-state index in [1.165, 1.54) is 0 Å². The van der Waals surface area contributed by atoms with Gasteiger partial charge in [0.05, 0.1) is 16.8 Å². The second kappa shape index (κ2) is 6.91. The second-order valence-electron chi connectivity index (χ2n) is 4.33. The first-order valence-corrected chi connectivity index (χ1v) is 7.29. The summed E-state index contributed by atoms with van der Waals surface area (Å²) in [6.45, 7) is 2.70. The van der Waals surface area contributed by atoms with Crippen molar-refractivity contribution in [2.75, 3.05) is 17.2 Å². The van der Waals surface area contributed by atoms with Gasteiger partial charge in [0.25, 0.3) is 5.91 Å². The molecule has 2 aromatic carbocycles. The average Bonchev–Trinajstić information content (AvgIpc) is 2.48. The smallest absolute Gasteiger partial charge is 0.257 e. The van der Waals surface area contributed by atoms with E-state index in [9.17, 15) is 4.79 Å². The fourth-order valence-electron chi connectivity index (χ4n) is 1.93. The molecular weight excluding hydrogens is 330 g/mol. The Bertz CT molecular complexity index is 707. The van der Waals surface area contributed by atoms with E-state index in [-0.39, 0.29) is 5.91 Å². The SMILES string of the molecule is CCNc1ccccc1C(=O)Nc1cc(Br)ccc1C#N. The second-order valence-corrected chi connectivity index (χ2v) is 5.25. The largest absolute Gasteiger partial charge is 0.385 e. The Morgan fingerprint density at radius 3 is 2.71 bits per heavy atom. The number of para-hydroxylation sites is 1. The van der Waals surface area contributed by atoms with Crippen molar-refractivity contribution in [2.24, 2.45) is 0 Å². The van der Waals surface area contributed by atoms with Crippen LogP contribution in [0.1, 0.15) is 22.8 Å². The van der Waals surface area contributed by atoms with Crippen LogP contribution in [0.15, 0.2) is 46.9 Å². The van der Waals surface area contributed by atoms with Crippen LogP contribution < -0.4 is 10.6 Å². The maximum Gasteiger partial charge on any atom is 0.257 e. The number of nitrogens with zero attached hydrogens (tertiary/aromatic N) is 1. The van der Waals surface area contributed by atoms with Crippen LogP contribution in [0.4, 0.5) is 11.4 Å². The van der Waals surface area contributed by atoms with Crippen LogP contribution >= 0.6 is 15.9 Å². The first-order valence-electron chi connectivity index (χ1n) is 6.49. The van der Waals surface area contributed by atoms with Crippen molar-refractivity contribution >= 4 is 33.2 Å². The van der Waals surface area contributed by atoms with Crippen LogP contribution in [-0.2, 0) is 0 Å². The first kappa shape index (κ1) is 15.1. The van der Waals surface area contributed by atoms with Crippen molar-refractivity contribution in [3.63, 3.8) is 0 Å². The van der Waals surface area contributed by atoms with Gasteiger partial charge in [-0.15, -0.1) is 0 Å². The van der Waals surface area contributed by atoms with Gasteiger partial charge in [0, 0.05) is 16.7 Å². The summed E-state index contributed by atoms with van der Waals surface area (Å²) in [6.07, 6.45) is 0. The number of hydrogen-bond acceptors (Lipinski definition) is 3. The summed E-state index contributed by atoms with van der Waals surface area (Å²) >= 11 is 3.34. The molecule has 0 unspecified atom stereocenters. The molecule has 106 valence electrons. The molecule has 0 aliphatic rings. The van der Waals surface area contributed by atoms with Crippen molar-refractivity contribution < 1.29 is 4.79 Å². The van der Waals surface area contributed by atoms with E-state index < -0.39 is 0 Å². The Kier molecular flexibility index (Phi) is 4.96. The lowest BCUT2D eigenvalue weighted by Crippen LogP contribution is -2.15. The molecule has 0 aliphatic carbocycles. The number of anilines is 2. The molecule has 1 amide bonds. The van der Waals surface area contributed by atoms with E-state index >= 15 is 0 Å². The molecule has 21 heavy (non-hydrogen) atoms. The van der Waals surface area contributed by atoms with Crippen molar-refractivity contribution in [3.8, 4) is 6.07 Å². The van der Waals surface area contributed by atoms with Gasteiger partial charge in [-0.1, -0.05) is 28.1 Å². The number of nitrogens with one attached hydrogen (secondary N) is 2. The molecular formula is C16H14BrN3O. The van der Waals surface area contributed by atoms with Crippen molar-refractivity contribution in [1.82, 2.24) is 0 Å². The van der Waals surface area contributed by atoms with E-state index in [1.807, 2.05) is 25.1 Å². The molecule has 0 aliphatic heterocycles. The molecule has 0 heterocycles. The van der Waals surface area contributed by atoms with Gasteiger partial charge in [-0.25, -0.2) is 0 Å². The summed E-state index contributed by atoms with van der Waals surface area (Å²) in [4.78, 5) is 12.4. The Hall–Kier alpha value is -2.32. The minimum Gasteiger partial charge on any atom is -0.385 e. The van der Waals surface area contributed by atoms with Gasteiger partial charge in [0.15, 0.2) is 0 Å². The van der Waals surface area contributed by atoms with Gasteiger partial charge in [-0.05, 0) is 37.3 Å². The van der Waals surface area contributed by atoms with Crippen LogP contribution in [0.25, 0.3) is 0 Å². The number of halogens is 1. The van der Waals surface area contributed by atoms with E-state index in [0.717, 1.165) is 16.7 Å². The average molecular weight is 344 g/mol. The highest BCUT2D eigenvalue weighted by Gasteiger charge is 2.13. The summed E-state index contributed by atoms with van der Waals surface area (Å²) in [7, 11) is 0. The standard InChI is InChI=1S/C16H14BrN3O/c1-2-19-14-6-4-3-5-13(14)16(21)20-15-9-12(17)8-7-11(15)10-18/h3-9,19H,2H2,1H3,(H,20,21). The number of carbonyl (C=O) groups excluding carboxylic acids is 1. The minimum absolute atomic E-state index is 0.249. The maximum atomic E-state index is 12.4. The fourth-order valence-corrected chi connectivity index (χ4v) is 2.29. The predicted molar refractivity (Wildman–Crippen MR) is 87.4 cm³/mol. The molecule has 0 aromatic heterocycles. The van der Waals surface area contributed by atoms with Crippen LogP contribution in [0.2, 0.25) is 0 Å². The van der Waals surface area contributed by atoms with Crippen molar-refractivity contribution in [3.05, 3.63) is 58.1 Å². The zero-order valence-electron chi connectivity index (χ0n) is 11.5. The van der Waals surface area contributed by atoms with E-state index in [2.05, 4.69) is 32.6 Å². The zero-order chi connectivity index (χ0) is 15.2. The van der Waals surface area contributed by atoms with Gasteiger partial charge < -0.3 is 10.6 Å². The van der Waals surface area contributed by atoms with E-state index in [4.69, 9.17) is 5.26 Å². The van der Waals surface area contributed by atoms with E-state index in [1.54, 1.807) is 24.3 Å². The monoisotopic (exact) mass is 343 g/mol. The molecule has 0 atom stereocenters. The summed E-state index contributed by atoms with van der Waals surface area (Å²) in [6, 6.07) is 14.5. The number of hydrogen-bond donors (Lipinski definition) is 2. The molecule has 0 spiro atoms. The van der Waals surface area contributed by atoms with Gasteiger partial charge in [0.2, 0.25) is 0 Å². The lowest BCUT2D eigenvalue weighted by molar-refractivity contribution is 0.102. The number of carbonyl (C=O) groups is 1. The van der Waals surface area contributed by atoms with Crippen LogP contribution in [0, 0.1) is 11.3 Å². The number of amides is 1.